The second kappa shape index (κ2) is 4.04. The topological polar surface area (TPSA) is 72.3 Å². The fourth-order valence-corrected chi connectivity index (χ4v) is 2.90. The molecule has 6 nitrogen and oxygen atoms in total. The number of carbonyl (C=O) groups is 1. The Kier molecular flexibility index (Phi) is 2.92. The SMILES string of the molecule is Cc1nn(C)c(C)c1N1CC(S(=O)(=O)F)CC1=O. The second-order valence-electron chi connectivity index (χ2n) is 4.45. The molecule has 2 heterocycles. The zero-order valence-corrected chi connectivity index (χ0v) is 11.2. The molecule has 0 radical (unpaired) electrons. The molecule has 1 amide bonds. The Morgan fingerprint density at radius 3 is 2.39 bits per heavy atom. The maximum Gasteiger partial charge on any atom is 0.307 e. The summed E-state index contributed by atoms with van der Waals surface area (Å²) >= 11 is 0. The van der Waals surface area contributed by atoms with E-state index in [0.29, 0.717) is 11.4 Å². The number of anilines is 1. The first-order valence-corrected chi connectivity index (χ1v) is 6.90. The molecule has 0 saturated carbocycles. The molecule has 1 aromatic rings. The van der Waals surface area contributed by atoms with Crippen LogP contribution in [0.5, 0.6) is 0 Å². The van der Waals surface area contributed by atoms with Crippen LogP contribution in [0.2, 0.25) is 0 Å². The Morgan fingerprint density at radius 1 is 1.39 bits per heavy atom. The third-order valence-electron chi connectivity index (χ3n) is 3.23. The zero-order valence-electron chi connectivity index (χ0n) is 10.3. The van der Waals surface area contributed by atoms with Crippen LogP contribution >= 0.6 is 0 Å². The van der Waals surface area contributed by atoms with Crippen molar-refractivity contribution in [1.82, 2.24) is 9.78 Å². The summed E-state index contributed by atoms with van der Waals surface area (Å²) in [5.74, 6) is -0.388. The predicted molar refractivity (Wildman–Crippen MR) is 63.5 cm³/mol. The van der Waals surface area contributed by atoms with E-state index in [9.17, 15) is 17.1 Å². The molecule has 0 aromatic carbocycles. The minimum atomic E-state index is -4.68. The van der Waals surface area contributed by atoms with E-state index in [1.54, 1.807) is 25.6 Å². The lowest BCUT2D eigenvalue weighted by molar-refractivity contribution is -0.117. The molecular formula is C10H14FN3O3S. The molecule has 8 heteroatoms. The van der Waals surface area contributed by atoms with Crippen molar-refractivity contribution in [2.24, 2.45) is 7.05 Å². The molecule has 1 aliphatic heterocycles. The molecule has 0 bridgehead atoms. The molecule has 1 fully saturated rings. The largest absolute Gasteiger partial charge is 0.308 e. The van der Waals surface area contributed by atoms with Gasteiger partial charge in [-0.3, -0.25) is 9.48 Å². The normalized spacial score (nSPS) is 20.8. The van der Waals surface area contributed by atoms with E-state index in [2.05, 4.69) is 5.10 Å². The van der Waals surface area contributed by atoms with Crippen LogP contribution in [0.1, 0.15) is 17.8 Å². The van der Waals surface area contributed by atoms with Gasteiger partial charge in [-0.15, -0.1) is 3.89 Å². The predicted octanol–water partition coefficient (Wildman–Crippen LogP) is 0.442. The van der Waals surface area contributed by atoms with Gasteiger partial charge in [0.2, 0.25) is 5.91 Å². The molecule has 0 N–H and O–H groups in total. The van der Waals surface area contributed by atoms with Crippen molar-refractivity contribution in [3.05, 3.63) is 11.4 Å². The minimum absolute atomic E-state index is 0.148. The number of hydrogen-bond acceptors (Lipinski definition) is 4. The molecule has 100 valence electrons. The van der Waals surface area contributed by atoms with Gasteiger partial charge in [0.05, 0.1) is 17.1 Å². The first-order chi connectivity index (χ1) is 8.21. The highest BCUT2D eigenvalue weighted by Crippen LogP contribution is 2.30. The van der Waals surface area contributed by atoms with Crippen molar-refractivity contribution in [2.75, 3.05) is 11.4 Å². The number of aromatic nitrogens is 2. The van der Waals surface area contributed by atoms with E-state index < -0.39 is 15.5 Å². The number of hydrogen-bond donors (Lipinski definition) is 0. The Labute approximate surface area is 105 Å². The molecule has 0 spiro atoms. The number of amides is 1. The lowest BCUT2D eigenvalue weighted by Gasteiger charge is -2.16. The van der Waals surface area contributed by atoms with E-state index in [1.165, 1.54) is 4.90 Å². The average Bonchev–Trinajstić information content (AvgIpc) is 2.70. The van der Waals surface area contributed by atoms with Crippen LogP contribution in [0.4, 0.5) is 9.57 Å². The Morgan fingerprint density at radius 2 is 2.00 bits per heavy atom. The lowest BCUT2D eigenvalue weighted by atomic mass is 10.3. The van der Waals surface area contributed by atoms with E-state index >= 15 is 0 Å². The summed E-state index contributed by atoms with van der Waals surface area (Å²) in [5, 5.41) is 2.88. The smallest absolute Gasteiger partial charge is 0.307 e. The van der Waals surface area contributed by atoms with Crippen molar-refractivity contribution < 1.29 is 17.1 Å². The lowest BCUT2D eigenvalue weighted by Crippen LogP contribution is -2.27. The highest BCUT2D eigenvalue weighted by atomic mass is 32.3. The van der Waals surface area contributed by atoms with Gasteiger partial charge in [0, 0.05) is 20.0 Å². The van der Waals surface area contributed by atoms with Crippen molar-refractivity contribution in [1.29, 1.82) is 0 Å². The first-order valence-electron chi connectivity index (χ1n) is 5.46. The van der Waals surface area contributed by atoms with E-state index in [1.807, 2.05) is 0 Å². The van der Waals surface area contributed by atoms with Crippen molar-refractivity contribution in [3.63, 3.8) is 0 Å². The summed E-state index contributed by atoms with van der Waals surface area (Å²) in [6.07, 6.45) is -0.313. The van der Waals surface area contributed by atoms with Crippen LogP contribution < -0.4 is 4.90 Å². The number of nitrogens with zero attached hydrogens (tertiary/aromatic N) is 3. The Bertz CT molecular complexity index is 608. The standard InChI is InChI=1S/C10H14FN3O3S/c1-6-10(7(2)13(3)12-6)14-5-8(4-9(14)15)18(11,16)17/h8H,4-5H2,1-3H3. The summed E-state index contributed by atoms with van der Waals surface area (Å²) in [7, 11) is -2.95. The van der Waals surface area contributed by atoms with Crippen LogP contribution in [0.25, 0.3) is 0 Å². The quantitative estimate of drug-likeness (QED) is 0.734. The van der Waals surface area contributed by atoms with Gasteiger partial charge >= 0.3 is 10.2 Å². The van der Waals surface area contributed by atoms with Crippen LogP contribution in [0.3, 0.4) is 0 Å². The Hall–Kier alpha value is -1.44. The van der Waals surface area contributed by atoms with Crippen LogP contribution in [0.15, 0.2) is 0 Å². The number of rotatable bonds is 2. The first kappa shape index (κ1) is 13.0. The average molecular weight is 275 g/mol. The van der Waals surface area contributed by atoms with E-state index in [-0.39, 0.29) is 18.9 Å². The molecule has 1 saturated heterocycles. The van der Waals surface area contributed by atoms with Gasteiger partial charge in [-0.25, -0.2) is 0 Å². The summed E-state index contributed by atoms with van der Waals surface area (Å²) in [6, 6.07) is 0. The van der Waals surface area contributed by atoms with Gasteiger partial charge in [0.25, 0.3) is 0 Å². The van der Waals surface area contributed by atoms with Crippen molar-refractivity contribution >= 4 is 21.8 Å². The fourth-order valence-electron chi connectivity index (χ4n) is 2.23. The maximum atomic E-state index is 12.9. The third-order valence-corrected chi connectivity index (χ3v) is 4.34. The molecule has 0 aliphatic carbocycles. The van der Waals surface area contributed by atoms with Gasteiger partial charge in [-0.2, -0.15) is 13.5 Å². The summed E-state index contributed by atoms with van der Waals surface area (Å²) in [4.78, 5) is 13.1. The maximum absolute atomic E-state index is 12.9. The van der Waals surface area contributed by atoms with Gasteiger partial charge < -0.3 is 4.90 Å². The monoisotopic (exact) mass is 275 g/mol. The number of aryl methyl sites for hydroxylation is 2. The minimum Gasteiger partial charge on any atom is -0.308 e. The zero-order chi connectivity index (χ0) is 13.7. The van der Waals surface area contributed by atoms with E-state index in [0.717, 1.165) is 5.69 Å². The highest BCUT2D eigenvalue weighted by Gasteiger charge is 2.40. The Balaban J connectivity index is 2.39. The van der Waals surface area contributed by atoms with Gasteiger partial charge in [-0.1, -0.05) is 0 Å². The summed E-state index contributed by atoms with van der Waals surface area (Å²) in [5.41, 5.74) is 1.95. The molecule has 1 aromatic heterocycles. The van der Waals surface area contributed by atoms with Crippen LogP contribution in [-0.2, 0) is 22.1 Å². The second-order valence-corrected chi connectivity index (χ2v) is 6.07. The van der Waals surface area contributed by atoms with Crippen molar-refractivity contribution in [2.45, 2.75) is 25.5 Å². The molecule has 1 unspecified atom stereocenters. The van der Waals surface area contributed by atoms with Gasteiger partial charge in [0.15, 0.2) is 0 Å². The number of halogens is 1. The third kappa shape index (κ3) is 2.00. The molecule has 18 heavy (non-hydrogen) atoms. The van der Waals surface area contributed by atoms with Gasteiger partial charge in [0.1, 0.15) is 5.25 Å². The van der Waals surface area contributed by atoms with E-state index in [4.69, 9.17) is 0 Å². The van der Waals surface area contributed by atoms with Crippen molar-refractivity contribution in [3.8, 4) is 0 Å². The van der Waals surface area contributed by atoms with Crippen LogP contribution in [-0.4, -0.2) is 35.9 Å². The summed E-state index contributed by atoms with van der Waals surface area (Å²) in [6.45, 7) is 3.36. The van der Waals surface area contributed by atoms with Crippen LogP contribution in [0, 0.1) is 13.8 Å². The van der Waals surface area contributed by atoms with Gasteiger partial charge in [-0.05, 0) is 13.8 Å². The molecular weight excluding hydrogens is 261 g/mol. The molecule has 1 aliphatic rings. The molecule has 1 atom stereocenters. The summed E-state index contributed by atoms with van der Waals surface area (Å²) < 4.78 is 36.3. The highest BCUT2D eigenvalue weighted by molar-refractivity contribution is 7.87. The number of carbonyl (C=O) groups excluding carboxylic acids is 1. The fraction of sp³-hybridized carbons (Fsp3) is 0.600. The molecule has 2 rings (SSSR count).